The topological polar surface area (TPSA) is 60.9 Å². The first-order valence-electron chi connectivity index (χ1n) is 5.93. The van der Waals surface area contributed by atoms with Gasteiger partial charge in [-0.15, -0.1) is 0 Å². The number of hydrogen-bond donors (Lipinski definition) is 1. The summed E-state index contributed by atoms with van der Waals surface area (Å²) in [5, 5.41) is 4.21. The normalized spacial score (nSPS) is 13.1. The number of carbonyl (C=O) groups is 1. The van der Waals surface area contributed by atoms with Crippen molar-refractivity contribution in [3.63, 3.8) is 0 Å². The number of rotatable bonds is 6. The molecule has 0 fully saturated rings. The monoisotopic (exact) mass is 301 g/mol. The minimum absolute atomic E-state index is 0.128. The van der Waals surface area contributed by atoms with Crippen molar-refractivity contribution in [2.24, 2.45) is 11.7 Å². The Hall–Kier alpha value is -0.680. The van der Waals surface area contributed by atoms with Gasteiger partial charge in [-0.2, -0.15) is 5.10 Å². The van der Waals surface area contributed by atoms with Crippen LogP contribution in [0.1, 0.15) is 50.1 Å². The third-order valence-electron chi connectivity index (χ3n) is 2.77. The average molecular weight is 302 g/mol. The molecule has 5 heteroatoms. The van der Waals surface area contributed by atoms with E-state index >= 15 is 0 Å². The van der Waals surface area contributed by atoms with Crippen LogP contribution in [0.25, 0.3) is 0 Å². The second kappa shape index (κ2) is 6.31. The SMILES string of the molecule is CC(CN)CCC(=O)c1c(Br)cnn1C(C)C. The van der Waals surface area contributed by atoms with Crippen molar-refractivity contribution in [2.75, 3.05) is 6.54 Å². The van der Waals surface area contributed by atoms with E-state index in [0.29, 0.717) is 24.6 Å². The van der Waals surface area contributed by atoms with Crippen molar-refractivity contribution in [2.45, 2.75) is 39.7 Å². The highest BCUT2D eigenvalue weighted by Crippen LogP contribution is 2.22. The van der Waals surface area contributed by atoms with E-state index in [1.807, 2.05) is 13.8 Å². The van der Waals surface area contributed by atoms with Crippen LogP contribution in [0.2, 0.25) is 0 Å². The van der Waals surface area contributed by atoms with E-state index in [9.17, 15) is 4.79 Å². The van der Waals surface area contributed by atoms with E-state index in [0.717, 1.165) is 10.9 Å². The van der Waals surface area contributed by atoms with Crippen molar-refractivity contribution >= 4 is 21.7 Å². The van der Waals surface area contributed by atoms with Gasteiger partial charge in [0.1, 0.15) is 5.69 Å². The number of nitrogens with two attached hydrogens (primary N) is 1. The molecule has 2 N–H and O–H groups in total. The predicted molar refractivity (Wildman–Crippen MR) is 72.1 cm³/mol. The molecule has 0 amide bonds. The molecule has 1 aromatic heterocycles. The van der Waals surface area contributed by atoms with Crippen molar-refractivity contribution in [1.82, 2.24) is 9.78 Å². The Balaban J connectivity index is 2.78. The maximum atomic E-state index is 12.1. The lowest BCUT2D eigenvalue weighted by Crippen LogP contribution is -2.16. The van der Waals surface area contributed by atoms with Crippen LogP contribution in [0.4, 0.5) is 0 Å². The third-order valence-corrected chi connectivity index (χ3v) is 3.35. The Labute approximate surface area is 111 Å². The van der Waals surface area contributed by atoms with Gasteiger partial charge in [-0.05, 0) is 48.7 Å². The van der Waals surface area contributed by atoms with Crippen LogP contribution in [-0.4, -0.2) is 22.1 Å². The van der Waals surface area contributed by atoms with E-state index in [4.69, 9.17) is 5.73 Å². The van der Waals surface area contributed by atoms with Crippen molar-refractivity contribution in [1.29, 1.82) is 0 Å². The molecule has 4 nitrogen and oxygen atoms in total. The molecule has 0 aliphatic heterocycles. The fraction of sp³-hybridized carbons (Fsp3) is 0.667. The summed E-state index contributed by atoms with van der Waals surface area (Å²) < 4.78 is 2.54. The molecule has 0 spiro atoms. The fourth-order valence-corrected chi connectivity index (χ4v) is 2.10. The van der Waals surface area contributed by atoms with Crippen LogP contribution in [0, 0.1) is 5.92 Å². The zero-order valence-electron chi connectivity index (χ0n) is 10.6. The predicted octanol–water partition coefficient (Wildman–Crippen LogP) is 2.78. The molecule has 0 saturated carbocycles. The molecule has 96 valence electrons. The number of ketones is 1. The second-order valence-corrected chi connectivity index (χ2v) is 5.54. The van der Waals surface area contributed by atoms with E-state index in [1.165, 1.54) is 0 Å². The van der Waals surface area contributed by atoms with Crippen LogP contribution in [-0.2, 0) is 0 Å². The molecule has 1 aromatic rings. The van der Waals surface area contributed by atoms with Crippen LogP contribution in [0.5, 0.6) is 0 Å². The van der Waals surface area contributed by atoms with Gasteiger partial charge in [0, 0.05) is 12.5 Å². The van der Waals surface area contributed by atoms with E-state index in [1.54, 1.807) is 10.9 Å². The van der Waals surface area contributed by atoms with Crippen LogP contribution >= 0.6 is 15.9 Å². The van der Waals surface area contributed by atoms with E-state index in [-0.39, 0.29) is 11.8 Å². The Kier molecular flexibility index (Phi) is 5.33. The maximum Gasteiger partial charge on any atom is 0.182 e. The highest BCUT2D eigenvalue weighted by molar-refractivity contribution is 9.10. The number of aromatic nitrogens is 2. The van der Waals surface area contributed by atoms with Crippen LogP contribution in [0.15, 0.2) is 10.7 Å². The summed E-state index contributed by atoms with van der Waals surface area (Å²) in [6, 6.07) is 0.187. The lowest BCUT2D eigenvalue weighted by molar-refractivity contribution is 0.0962. The number of Topliss-reactive ketones (excluding diaryl/α,β-unsaturated/α-hetero) is 1. The fourth-order valence-electron chi connectivity index (χ4n) is 1.61. The van der Waals surface area contributed by atoms with Gasteiger partial charge in [-0.3, -0.25) is 9.48 Å². The summed E-state index contributed by atoms with van der Waals surface area (Å²) in [4.78, 5) is 12.1. The molecule has 1 atom stereocenters. The van der Waals surface area contributed by atoms with Gasteiger partial charge in [0.15, 0.2) is 5.78 Å². The number of nitrogens with zero attached hydrogens (tertiary/aromatic N) is 2. The minimum Gasteiger partial charge on any atom is -0.330 e. The maximum absolute atomic E-state index is 12.1. The van der Waals surface area contributed by atoms with Gasteiger partial charge >= 0.3 is 0 Å². The molecule has 1 heterocycles. The molecule has 0 aliphatic carbocycles. The first kappa shape index (κ1) is 14.4. The quantitative estimate of drug-likeness (QED) is 0.822. The van der Waals surface area contributed by atoms with Gasteiger partial charge in [0.2, 0.25) is 0 Å². The Morgan fingerprint density at radius 1 is 1.53 bits per heavy atom. The lowest BCUT2D eigenvalue weighted by atomic mass is 10.0. The third kappa shape index (κ3) is 3.64. The molecule has 0 radical (unpaired) electrons. The average Bonchev–Trinajstić information content (AvgIpc) is 2.67. The summed E-state index contributed by atoms with van der Waals surface area (Å²) in [5.41, 5.74) is 6.22. The zero-order valence-corrected chi connectivity index (χ0v) is 12.2. The zero-order chi connectivity index (χ0) is 13.0. The second-order valence-electron chi connectivity index (χ2n) is 4.68. The Morgan fingerprint density at radius 2 is 2.18 bits per heavy atom. The summed E-state index contributed by atoms with van der Waals surface area (Å²) in [5.74, 6) is 0.511. The highest BCUT2D eigenvalue weighted by Gasteiger charge is 2.18. The molecule has 1 rings (SSSR count). The van der Waals surface area contributed by atoms with E-state index < -0.39 is 0 Å². The summed E-state index contributed by atoms with van der Waals surface area (Å²) in [6.45, 7) is 6.71. The van der Waals surface area contributed by atoms with Gasteiger partial charge in [0.25, 0.3) is 0 Å². The summed E-state index contributed by atoms with van der Waals surface area (Å²) >= 11 is 3.38. The molecule has 17 heavy (non-hydrogen) atoms. The van der Waals surface area contributed by atoms with Gasteiger partial charge in [0.05, 0.1) is 10.7 Å². The number of halogens is 1. The number of hydrogen-bond acceptors (Lipinski definition) is 3. The van der Waals surface area contributed by atoms with Gasteiger partial charge < -0.3 is 5.73 Å². The van der Waals surface area contributed by atoms with Crippen molar-refractivity contribution < 1.29 is 4.79 Å². The summed E-state index contributed by atoms with van der Waals surface area (Å²) in [6.07, 6.45) is 3.03. The molecule has 0 aromatic carbocycles. The first-order valence-corrected chi connectivity index (χ1v) is 6.73. The molecular weight excluding hydrogens is 282 g/mol. The molecule has 0 bridgehead atoms. The van der Waals surface area contributed by atoms with Crippen molar-refractivity contribution in [3.05, 3.63) is 16.4 Å². The highest BCUT2D eigenvalue weighted by atomic mass is 79.9. The van der Waals surface area contributed by atoms with Gasteiger partial charge in [-0.1, -0.05) is 6.92 Å². The first-order chi connectivity index (χ1) is 7.97. The molecule has 0 aliphatic rings. The van der Waals surface area contributed by atoms with Gasteiger partial charge in [-0.25, -0.2) is 0 Å². The lowest BCUT2D eigenvalue weighted by Gasteiger charge is -2.12. The van der Waals surface area contributed by atoms with Crippen LogP contribution < -0.4 is 5.73 Å². The Morgan fingerprint density at radius 3 is 2.71 bits per heavy atom. The smallest absolute Gasteiger partial charge is 0.182 e. The largest absolute Gasteiger partial charge is 0.330 e. The summed E-state index contributed by atoms with van der Waals surface area (Å²) in [7, 11) is 0. The van der Waals surface area contributed by atoms with E-state index in [2.05, 4.69) is 28.0 Å². The number of carbonyl (C=O) groups excluding carboxylic acids is 1. The van der Waals surface area contributed by atoms with Crippen LogP contribution in [0.3, 0.4) is 0 Å². The van der Waals surface area contributed by atoms with Crippen molar-refractivity contribution in [3.8, 4) is 0 Å². The Bertz CT molecular complexity index is 387. The molecule has 0 saturated heterocycles. The standard InChI is InChI=1S/C12H20BrN3O/c1-8(2)16-12(10(13)7-15-16)11(17)5-4-9(3)6-14/h7-9H,4-6,14H2,1-3H3. The minimum atomic E-state index is 0.128. The molecular formula is C12H20BrN3O. The molecule has 1 unspecified atom stereocenters.